The van der Waals surface area contributed by atoms with E-state index in [0.717, 1.165) is 42.9 Å². The van der Waals surface area contributed by atoms with Crippen LogP contribution in [-0.4, -0.2) is 40.7 Å². The van der Waals surface area contributed by atoms with Crippen molar-refractivity contribution in [2.45, 2.75) is 63.9 Å². The van der Waals surface area contributed by atoms with Crippen molar-refractivity contribution in [2.24, 2.45) is 0 Å². The number of carbonyl (C=O) groups is 1. The first-order valence-corrected chi connectivity index (χ1v) is 13.1. The van der Waals surface area contributed by atoms with E-state index in [1.807, 2.05) is 0 Å². The molecule has 2 fully saturated rings. The maximum atomic E-state index is 13.8. The lowest BCUT2D eigenvalue weighted by Crippen LogP contribution is -2.38. The van der Waals surface area contributed by atoms with Crippen LogP contribution < -0.4 is 21.0 Å². The average molecular weight is 526 g/mol. The predicted octanol–water partition coefficient (Wildman–Crippen LogP) is 2.85. The highest BCUT2D eigenvalue weighted by molar-refractivity contribution is 7.52. The summed E-state index contributed by atoms with van der Waals surface area (Å²) in [6.07, 6.45) is 4.10. The fraction of sp³-hybridized carbons (Fsp3) is 0.500. The zero-order chi connectivity index (χ0) is 25.7. The topological polar surface area (TPSA) is 153 Å². The first-order valence-electron chi connectivity index (χ1n) is 11.5. The second-order valence-corrected chi connectivity index (χ2v) is 10.1. The Morgan fingerprint density at radius 3 is 2.72 bits per heavy atom. The molecule has 0 bridgehead atoms. The summed E-state index contributed by atoms with van der Waals surface area (Å²) in [7, 11) is -4.30. The van der Waals surface area contributed by atoms with Gasteiger partial charge in [0, 0.05) is 0 Å². The van der Waals surface area contributed by atoms with E-state index in [0.29, 0.717) is 0 Å². The molecule has 2 aromatic rings. The number of nitrogen functional groups attached to an aromatic ring is 1. The highest BCUT2D eigenvalue weighted by atomic mass is 31.2. The van der Waals surface area contributed by atoms with Gasteiger partial charge in [-0.15, -0.1) is 0 Å². The maximum absolute atomic E-state index is 13.8. The second-order valence-electron chi connectivity index (χ2n) is 8.43. The lowest BCUT2D eigenvalue weighted by atomic mass is 9.98. The Kier molecular flexibility index (Phi) is 8.37. The Bertz CT molecular complexity index is 1160. The fourth-order valence-electron chi connectivity index (χ4n) is 3.78. The lowest BCUT2D eigenvalue weighted by molar-refractivity contribution is -0.197. The first-order chi connectivity index (χ1) is 17.2. The van der Waals surface area contributed by atoms with Crippen molar-refractivity contribution in [2.75, 3.05) is 12.3 Å². The van der Waals surface area contributed by atoms with Gasteiger partial charge < -0.3 is 24.5 Å². The third-order valence-electron chi connectivity index (χ3n) is 5.62. The average Bonchev–Trinajstić information content (AvgIpc) is 3.30. The van der Waals surface area contributed by atoms with E-state index in [1.54, 1.807) is 30.3 Å². The molecule has 1 aromatic carbocycles. The Hall–Kier alpha value is -2.83. The number of anilines is 1. The largest absolute Gasteiger partial charge is 0.463 e. The van der Waals surface area contributed by atoms with Crippen molar-refractivity contribution in [3.63, 3.8) is 0 Å². The van der Waals surface area contributed by atoms with Gasteiger partial charge in [0.1, 0.15) is 17.9 Å². The normalized spacial score (nSPS) is 23.1. The van der Waals surface area contributed by atoms with Crippen molar-refractivity contribution in [1.82, 2.24) is 14.6 Å². The Balaban J connectivity index is 1.45. The van der Waals surface area contributed by atoms with Crippen LogP contribution in [0.15, 0.2) is 41.3 Å². The summed E-state index contributed by atoms with van der Waals surface area (Å²) in [6, 6.07) is 7.09. The number of nitrogens with one attached hydrogen (secondary N) is 1. The summed E-state index contributed by atoms with van der Waals surface area (Å²) in [6.45, 7) is -0.358. The van der Waals surface area contributed by atoms with Crippen LogP contribution in [0, 0.1) is 5.82 Å². The molecule has 2 heterocycles. The standard InChI is InChI=1S/C22H28FN4O8P/c1-14(20(28)32-15-8-4-2-5-9-15)26-36(30,34-16-10-6-3-7-11-16)35-22-31-13-18(33-22)27-12-17(23)19(24)25-21(27)29/h3,6-7,10-12,14-15,18,22H,2,4-5,8-9,13H2,1H3,(H,26,30)(H2,24,25,29)/t14-,18-,22-,36+/m0/s1. The van der Waals surface area contributed by atoms with Crippen molar-refractivity contribution >= 4 is 19.5 Å². The smallest absolute Gasteiger partial charge is 0.461 e. The van der Waals surface area contributed by atoms with Crippen molar-refractivity contribution in [3.05, 3.63) is 52.8 Å². The minimum absolute atomic E-state index is 0.191. The van der Waals surface area contributed by atoms with E-state index in [9.17, 15) is 18.5 Å². The summed E-state index contributed by atoms with van der Waals surface area (Å²) in [5, 5.41) is 2.56. The SMILES string of the molecule is C[C@H](N[P@@](=O)(Oc1ccccc1)O[C@H]1OC[C@@H](n2cc(F)c(N)nc2=O)O1)C(=O)OC1CCCCC1. The zero-order valence-electron chi connectivity index (χ0n) is 19.6. The molecular formula is C22H28FN4O8P. The minimum Gasteiger partial charge on any atom is -0.461 e. The molecular weight excluding hydrogens is 498 g/mol. The monoisotopic (exact) mass is 526 g/mol. The summed E-state index contributed by atoms with van der Waals surface area (Å²) < 4.78 is 55.7. The Morgan fingerprint density at radius 2 is 2.00 bits per heavy atom. The van der Waals surface area contributed by atoms with E-state index in [-0.39, 0.29) is 18.5 Å². The second kappa shape index (κ2) is 11.5. The molecule has 4 rings (SSSR count). The van der Waals surface area contributed by atoms with Crippen molar-refractivity contribution in [3.8, 4) is 5.75 Å². The number of carbonyl (C=O) groups excluding carboxylic acids is 1. The van der Waals surface area contributed by atoms with E-state index in [4.69, 9.17) is 29.0 Å². The number of para-hydroxylation sites is 1. The van der Waals surface area contributed by atoms with E-state index in [1.165, 1.54) is 6.92 Å². The van der Waals surface area contributed by atoms with Crippen LogP contribution in [-0.2, 0) is 28.1 Å². The number of nitrogens with zero attached hydrogens (tertiary/aromatic N) is 2. The predicted molar refractivity (Wildman–Crippen MR) is 124 cm³/mol. The number of nitrogens with two attached hydrogens (primary N) is 1. The van der Waals surface area contributed by atoms with E-state index in [2.05, 4.69) is 10.1 Å². The lowest BCUT2D eigenvalue weighted by Gasteiger charge is -2.27. The zero-order valence-corrected chi connectivity index (χ0v) is 20.5. The van der Waals surface area contributed by atoms with Gasteiger partial charge in [0.05, 0.1) is 12.8 Å². The number of aromatic nitrogens is 2. The van der Waals surface area contributed by atoms with Gasteiger partial charge in [-0.2, -0.15) is 10.1 Å². The van der Waals surface area contributed by atoms with E-state index >= 15 is 0 Å². The quantitative estimate of drug-likeness (QED) is 0.366. The van der Waals surface area contributed by atoms with Crippen LogP contribution in [0.5, 0.6) is 5.75 Å². The molecule has 1 aromatic heterocycles. The number of halogens is 1. The van der Waals surface area contributed by atoms with Gasteiger partial charge in [-0.25, -0.2) is 18.3 Å². The molecule has 196 valence electrons. The molecule has 36 heavy (non-hydrogen) atoms. The van der Waals surface area contributed by atoms with Gasteiger partial charge >= 0.3 is 19.4 Å². The molecule has 14 heteroatoms. The van der Waals surface area contributed by atoms with Crippen LogP contribution in [0.3, 0.4) is 0 Å². The molecule has 0 radical (unpaired) electrons. The number of benzene rings is 1. The van der Waals surface area contributed by atoms with Gasteiger partial charge in [0.2, 0.25) is 0 Å². The van der Waals surface area contributed by atoms with E-state index < -0.39 is 49.8 Å². The molecule has 12 nitrogen and oxygen atoms in total. The molecule has 1 saturated carbocycles. The summed E-state index contributed by atoms with van der Waals surface area (Å²) in [5.41, 5.74) is 4.43. The molecule has 2 aliphatic rings. The maximum Gasteiger partial charge on any atom is 0.463 e. The molecule has 1 aliphatic carbocycles. The summed E-state index contributed by atoms with van der Waals surface area (Å²) >= 11 is 0. The summed E-state index contributed by atoms with van der Waals surface area (Å²) in [5.74, 6) is -1.89. The highest BCUT2D eigenvalue weighted by Gasteiger charge is 2.40. The van der Waals surface area contributed by atoms with Crippen molar-refractivity contribution in [1.29, 1.82) is 0 Å². The number of ether oxygens (including phenoxy) is 3. The Labute approximate surface area is 206 Å². The first kappa shape index (κ1) is 26.2. The van der Waals surface area contributed by atoms with Gasteiger partial charge in [-0.3, -0.25) is 9.36 Å². The van der Waals surface area contributed by atoms with Gasteiger partial charge in [0.25, 0.3) is 6.48 Å². The molecule has 0 unspecified atom stereocenters. The molecule has 0 spiro atoms. The van der Waals surface area contributed by atoms with Crippen LogP contribution in [0.25, 0.3) is 0 Å². The molecule has 1 saturated heterocycles. The number of esters is 1. The van der Waals surface area contributed by atoms with Crippen LogP contribution >= 0.6 is 7.75 Å². The minimum atomic E-state index is -4.30. The highest BCUT2D eigenvalue weighted by Crippen LogP contribution is 2.47. The Morgan fingerprint density at radius 1 is 1.28 bits per heavy atom. The number of hydrogen-bond acceptors (Lipinski definition) is 10. The third kappa shape index (κ3) is 6.68. The van der Waals surface area contributed by atoms with Crippen molar-refractivity contribution < 1.29 is 37.0 Å². The molecule has 4 atom stereocenters. The van der Waals surface area contributed by atoms with Crippen LogP contribution in [0.2, 0.25) is 0 Å². The molecule has 0 amide bonds. The van der Waals surface area contributed by atoms with Gasteiger partial charge in [0.15, 0.2) is 17.9 Å². The van der Waals surface area contributed by atoms with Gasteiger partial charge in [-0.1, -0.05) is 24.6 Å². The fourth-order valence-corrected chi connectivity index (χ4v) is 5.26. The number of rotatable bonds is 9. The van der Waals surface area contributed by atoms with Crippen LogP contribution in [0.4, 0.5) is 10.2 Å². The van der Waals surface area contributed by atoms with Crippen LogP contribution in [0.1, 0.15) is 45.3 Å². The molecule has 3 N–H and O–H groups in total. The molecule has 1 aliphatic heterocycles. The summed E-state index contributed by atoms with van der Waals surface area (Å²) in [4.78, 5) is 28.1. The third-order valence-corrected chi connectivity index (χ3v) is 7.23. The number of hydrogen-bond donors (Lipinski definition) is 2. The van der Waals surface area contributed by atoms with Gasteiger partial charge in [-0.05, 0) is 44.7 Å².